The maximum atomic E-state index is 14.1. The zero-order valence-corrected chi connectivity index (χ0v) is 15.6. The molecule has 0 spiro atoms. The largest absolute Gasteiger partial charge is 0.476 e. The molecule has 0 aliphatic rings. The number of alkyl halides is 2. The number of ether oxygens (including phenoxy) is 2. The van der Waals surface area contributed by atoms with Crippen LogP contribution < -0.4 is 10.1 Å². The molecule has 10 heteroatoms. The second-order valence-electron chi connectivity index (χ2n) is 6.81. The van der Waals surface area contributed by atoms with Crippen LogP contribution in [0.2, 0.25) is 0 Å². The highest BCUT2D eigenvalue weighted by molar-refractivity contribution is 5.96. The number of hydrogen-bond acceptors (Lipinski definition) is 6. The van der Waals surface area contributed by atoms with Crippen molar-refractivity contribution in [1.82, 2.24) is 9.97 Å². The first-order valence-corrected chi connectivity index (χ1v) is 8.13. The smallest absolute Gasteiger partial charge is 0.413 e. The minimum absolute atomic E-state index is 0.159. The lowest BCUT2D eigenvalue weighted by molar-refractivity contribution is 0.00990. The van der Waals surface area contributed by atoms with Crippen LogP contribution in [0.25, 0.3) is 0 Å². The van der Waals surface area contributed by atoms with Gasteiger partial charge in [-0.2, -0.15) is 8.78 Å². The van der Waals surface area contributed by atoms with Crippen LogP contribution in [0.5, 0.6) is 11.6 Å². The minimum Gasteiger partial charge on any atom is -0.476 e. The van der Waals surface area contributed by atoms with Crippen LogP contribution in [0.3, 0.4) is 0 Å². The summed E-state index contributed by atoms with van der Waals surface area (Å²) < 4.78 is 38.4. The fraction of sp³-hybridized carbons (Fsp3) is 0.333. The predicted molar refractivity (Wildman–Crippen MR) is 94.9 cm³/mol. The van der Waals surface area contributed by atoms with Crippen molar-refractivity contribution in [3.05, 3.63) is 41.7 Å². The first-order chi connectivity index (χ1) is 12.9. The number of halogens is 2. The maximum Gasteiger partial charge on any atom is 0.413 e. The number of rotatable bonds is 5. The number of nitrogens with zero attached hydrogens (tertiary/aromatic N) is 2. The number of carbonyl (C=O) groups excluding carboxylic acids is 1. The van der Waals surface area contributed by atoms with Crippen molar-refractivity contribution in [2.24, 2.45) is 0 Å². The second-order valence-corrected chi connectivity index (χ2v) is 6.81. The van der Waals surface area contributed by atoms with Gasteiger partial charge in [-0.25, -0.2) is 19.6 Å². The number of amides is 1. The Bertz CT molecular complexity index is 877. The Morgan fingerprint density at radius 3 is 2.18 bits per heavy atom. The molecule has 0 radical (unpaired) electrons. The molecule has 150 valence electrons. The predicted octanol–water partition coefficient (Wildman–Crippen LogP) is 4.43. The Morgan fingerprint density at radius 2 is 1.68 bits per heavy atom. The summed E-state index contributed by atoms with van der Waals surface area (Å²) >= 11 is 0. The van der Waals surface area contributed by atoms with E-state index in [1.54, 1.807) is 39.0 Å². The fourth-order valence-corrected chi connectivity index (χ4v) is 2.01. The van der Waals surface area contributed by atoms with Gasteiger partial charge in [-0.15, -0.1) is 0 Å². The lowest BCUT2D eigenvalue weighted by atomic mass is 10.2. The molecule has 1 aromatic carbocycles. The summed E-state index contributed by atoms with van der Waals surface area (Å²) in [4.78, 5) is 30.7. The van der Waals surface area contributed by atoms with Crippen LogP contribution in [0.15, 0.2) is 30.3 Å². The minimum atomic E-state index is -3.53. The molecule has 8 nitrogen and oxygen atoms in total. The number of hydrogen-bond donors (Lipinski definition) is 2. The molecule has 28 heavy (non-hydrogen) atoms. The van der Waals surface area contributed by atoms with E-state index in [0.717, 1.165) is 0 Å². The first kappa shape index (κ1) is 21.0. The van der Waals surface area contributed by atoms with E-state index >= 15 is 0 Å². The van der Waals surface area contributed by atoms with Gasteiger partial charge >= 0.3 is 12.1 Å². The normalized spacial score (nSPS) is 11.6. The van der Waals surface area contributed by atoms with Gasteiger partial charge in [-0.3, -0.25) is 5.32 Å². The van der Waals surface area contributed by atoms with Crippen molar-refractivity contribution in [2.45, 2.75) is 39.2 Å². The Kier molecular flexibility index (Phi) is 5.81. The van der Waals surface area contributed by atoms with Gasteiger partial charge < -0.3 is 14.6 Å². The van der Waals surface area contributed by atoms with Gasteiger partial charge in [0.2, 0.25) is 5.88 Å². The molecular weight excluding hydrogens is 376 g/mol. The highest BCUT2D eigenvalue weighted by atomic mass is 19.3. The average molecular weight is 395 g/mol. The van der Waals surface area contributed by atoms with Gasteiger partial charge in [-0.05, 0) is 32.9 Å². The van der Waals surface area contributed by atoms with Crippen LogP contribution in [0.4, 0.5) is 19.4 Å². The van der Waals surface area contributed by atoms with Gasteiger partial charge in [0.1, 0.15) is 11.4 Å². The second kappa shape index (κ2) is 7.75. The zero-order valence-electron chi connectivity index (χ0n) is 15.6. The third-order valence-electron chi connectivity index (χ3n) is 3.06. The molecule has 2 aromatic rings. The molecular formula is C18H19F2N3O5. The molecule has 0 saturated carbocycles. The van der Waals surface area contributed by atoms with Crippen LogP contribution >= 0.6 is 0 Å². The number of carboxylic acids is 1. The van der Waals surface area contributed by atoms with Crippen LogP contribution in [-0.2, 0) is 10.7 Å². The number of aromatic nitrogens is 2. The summed E-state index contributed by atoms with van der Waals surface area (Å²) in [7, 11) is 0. The molecule has 1 aromatic heterocycles. The Balaban J connectivity index is 2.51. The maximum absolute atomic E-state index is 14.1. The van der Waals surface area contributed by atoms with Gasteiger partial charge in [0, 0.05) is 6.92 Å². The summed E-state index contributed by atoms with van der Waals surface area (Å²) in [5.41, 5.74) is -2.60. The van der Waals surface area contributed by atoms with E-state index in [9.17, 15) is 23.5 Å². The average Bonchev–Trinajstić information content (AvgIpc) is 2.53. The fourth-order valence-electron chi connectivity index (χ4n) is 2.01. The summed E-state index contributed by atoms with van der Waals surface area (Å²) in [5, 5.41) is 11.4. The molecule has 1 amide bonds. The standard InChI is InChI=1S/C18H19F2N3O5/c1-17(2,3)28-16(26)23-13-11(15(24)25)21-14(12(22-13)18(4,19)20)27-10-8-6-5-7-9-10/h5-9H,1-4H3,(H,24,25)(H,22,23,26). The number of carbonyl (C=O) groups is 2. The molecule has 0 unspecified atom stereocenters. The van der Waals surface area contributed by atoms with Gasteiger partial charge in [0.15, 0.2) is 17.2 Å². The molecule has 1 heterocycles. The van der Waals surface area contributed by atoms with Crippen molar-refractivity contribution in [1.29, 1.82) is 0 Å². The number of para-hydroxylation sites is 1. The number of anilines is 1. The summed E-state index contributed by atoms with van der Waals surface area (Å²) in [6.07, 6.45) is -1.06. The summed E-state index contributed by atoms with van der Waals surface area (Å²) in [5.74, 6) is -6.34. The topological polar surface area (TPSA) is 111 Å². The van der Waals surface area contributed by atoms with Crippen molar-refractivity contribution >= 4 is 17.9 Å². The van der Waals surface area contributed by atoms with E-state index in [2.05, 4.69) is 9.97 Å². The molecule has 0 aliphatic heterocycles. The van der Waals surface area contributed by atoms with Crippen molar-refractivity contribution in [2.75, 3.05) is 5.32 Å². The van der Waals surface area contributed by atoms with E-state index in [1.165, 1.54) is 12.1 Å². The molecule has 0 saturated heterocycles. The lowest BCUT2D eigenvalue weighted by Crippen LogP contribution is -2.29. The van der Waals surface area contributed by atoms with Crippen LogP contribution in [0, 0.1) is 0 Å². The number of aromatic carboxylic acids is 1. The molecule has 0 atom stereocenters. The molecule has 2 N–H and O–H groups in total. The van der Waals surface area contributed by atoms with Gasteiger partial charge in [-0.1, -0.05) is 18.2 Å². The highest BCUT2D eigenvalue weighted by Gasteiger charge is 2.35. The zero-order chi connectivity index (χ0) is 21.1. The third-order valence-corrected chi connectivity index (χ3v) is 3.06. The number of carboxylic acid groups (broad SMARTS) is 1. The summed E-state index contributed by atoms with van der Waals surface area (Å²) in [6, 6.07) is 7.84. The first-order valence-electron chi connectivity index (χ1n) is 8.13. The van der Waals surface area contributed by atoms with E-state index in [0.29, 0.717) is 6.92 Å². The van der Waals surface area contributed by atoms with E-state index in [-0.39, 0.29) is 5.75 Å². The van der Waals surface area contributed by atoms with Crippen molar-refractivity contribution < 1.29 is 33.0 Å². The lowest BCUT2D eigenvalue weighted by Gasteiger charge is -2.21. The van der Waals surface area contributed by atoms with E-state index in [1.807, 2.05) is 5.32 Å². The van der Waals surface area contributed by atoms with Gasteiger partial charge in [0.25, 0.3) is 5.92 Å². The molecule has 2 rings (SSSR count). The summed E-state index contributed by atoms with van der Waals surface area (Å²) in [6.45, 7) is 5.29. The van der Waals surface area contributed by atoms with Crippen molar-refractivity contribution in [3.8, 4) is 11.6 Å². The molecule has 0 aliphatic carbocycles. The Hall–Kier alpha value is -3.30. The van der Waals surface area contributed by atoms with Crippen LogP contribution in [-0.4, -0.2) is 32.7 Å². The third kappa shape index (κ3) is 5.60. The van der Waals surface area contributed by atoms with Crippen molar-refractivity contribution in [3.63, 3.8) is 0 Å². The molecule has 0 fully saturated rings. The van der Waals surface area contributed by atoms with E-state index in [4.69, 9.17) is 9.47 Å². The highest BCUT2D eigenvalue weighted by Crippen LogP contribution is 2.35. The SMILES string of the molecule is CC(C)(C)OC(=O)Nc1nc(C(C)(F)F)c(Oc2ccccc2)nc1C(=O)O. The number of nitrogens with one attached hydrogen (secondary N) is 1. The molecule has 0 bridgehead atoms. The Morgan fingerprint density at radius 1 is 1.07 bits per heavy atom. The van der Waals surface area contributed by atoms with Crippen LogP contribution in [0.1, 0.15) is 43.9 Å². The Labute approximate surface area is 159 Å². The quantitative estimate of drug-likeness (QED) is 0.771. The van der Waals surface area contributed by atoms with Gasteiger partial charge in [0.05, 0.1) is 0 Å². The number of benzene rings is 1. The monoisotopic (exact) mass is 395 g/mol. The van der Waals surface area contributed by atoms with E-state index < -0.39 is 46.7 Å².